The summed E-state index contributed by atoms with van der Waals surface area (Å²) in [6, 6.07) is 11.9. The maximum atomic E-state index is 13.2. The Hall–Kier alpha value is -3.57. The third-order valence-electron chi connectivity index (χ3n) is 5.68. The number of sulfone groups is 1. The van der Waals surface area contributed by atoms with Crippen LogP contribution in [0.3, 0.4) is 0 Å². The number of halogens is 1. The van der Waals surface area contributed by atoms with E-state index in [1.165, 1.54) is 54.9 Å². The Bertz CT molecular complexity index is 1330. The summed E-state index contributed by atoms with van der Waals surface area (Å²) in [4.78, 5) is 24.7. The van der Waals surface area contributed by atoms with Gasteiger partial charge in [-0.1, -0.05) is 12.1 Å². The lowest BCUT2D eigenvalue weighted by atomic mass is 10.1. The van der Waals surface area contributed by atoms with E-state index in [1.807, 2.05) is 0 Å². The first kappa shape index (κ1) is 26.0. The molecular weight excluding hydrogens is 477 g/mol. The maximum Gasteiger partial charge on any atom is 0.327 e. The third-order valence-corrected chi connectivity index (χ3v) is 8.08. The number of aliphatic hydroxyl groups excluding tert-OH is 1. The molecule has 0 aliphatic carbocycles. The summed E-state index contributed by atoms with van der Waals surface area (Å²) in [5, 5.41) is 16.8. The van der Waals surface area contributed by atoms with Gasteiger partial charge in [-0.05, 0) is 61.9 Å². The van der Waals surface area contributed by atoms with Gasteiger partial charge in [-0.2, -0.15) is 5.10 Å². The van der Waals surface area contributed by atoms with Gasteiger partial charge in [-0.3, -0.25) is 14.3 Å². The number of ether oxygens (including phenoxy) is 1. The Labute approximate surface area is 202 Å². The summed E-state index contributed by atoms with van der Waals surface area (Å²) < 4.78 is 43.2. The molecule has 0 aliphatic rings. The summed E-state index contributed by atoms with van der Waals surface area (Å²) in [6.07, 6.45) is 0. The molecule has 0 radical (unpaired) electrons. The summed E-state index contributed by atoms with van der Waals surface area (Å²) in [6.45, 7) is 2.06. The number of aryl methyl sites for hydroxylation is 1. The maximum absolute atomic E-state index is 13.2. The van der Waals surface area contributed by atoms with Crippen LogP contribution < -0.4 is 5.32 Å². The number of nitrogens with one attached hydrogen (secondary N) is 1. The van der Waals surface area contributed by atoms with Crippen LogP contribution in [-0.4, -0.2) is 53.6 Å². The van der Waals surface area contributed by atoms with Gasteiger partial charge in [0.05, 0.1) is 30.3 Å². The molecule has 0 spiro atoms. The van der Waals surface area contributed by atoms with E-state index in [-0.39, 0.29) is 16.4 Å². The number of hydrogen-bond acceptors (Lipinski definition) is 7. The van der Waals surface area contributed by atoms with Crippen LogP contribution >= 0.6 is 0 Å². The minimum absolute atomic E-state index is 0.102. The minimum Gasteiger partial charge on any atom is -0.468 e. The molecule has 1 heterocycles. The second-order valence-electron chi connectivity index (χ2n) is 8.33. The van der Waals surface area contributed by atoms with E-state index < -0.39 is 39.1 Å². The smallest absolute Gasteiger partial charge is 0.327 e. The first-order valence-electron chi connectivity index (χ1n) is 10.6. The Morgan fingerprint density at radius 3 is 2.29 bits per heavy atom. The Morgan fingerprint density at radius 2 is 1.74 bits per heavy atom. The Balaban J connectivity index is 1.81. The molecular formula is C24H26FN3O6S. The zero-order valence-corrected chi connectivity index (χ0v) is 20.5. The van der Waals surface area contributed by atoms with Crippen molar-refractivity contribution in [3.63, 3.8) is 0 Å². The minimum atomic E-state index is -4.06. The van der Waals surface area contributed by atoms with Crippen molar-refractivity contribution in [3.05, 3.63) is 71.7 Å². The van der Waals surface area contributed by atoms with Crippen LogP contribution in [0, 0.1) is 5.82 Å². The number of benzene rings is 2. The van der Waals surface area contributed by atoms with Crippen LogP contribution in [0.15, 0.2) is 59.5 Å². The second kappa shape index (κ2) is 9.96. The molecule has 9 nitrogen and oxygen atoms in total. The molecule has 0 fully saturated rings. The molecule has 186 valence electrons. The van der Waals surface area contributed by atoms with Gasteiger partial charge in [-0.15, -0.1) is 0 Å². The summed E-state index contributed by atoms with van der Waals surface area (Å²) in [5.41, 5.74) is 1.77. The van der Waals surface area contributed by atoms with Crippen LogP contribution in [0.5, 0.6) is 0 Å². The summed E-state index contributed by atoms with van der Waals surface area (Å²) >= 11 is 0. The topological polar surface area (TPSA) is 128 Å². The van der Waals surface area contributed by atoms with E-state index in [4.69, 9.17) is 0 Å². The predicted octanol–water partition coefficient (Wildman–Crippen LogP) is 2.41. The fourth-order valence-electron chi connectivity index (χ4n) is 3.44. The highest BCUT2D eigenvalue weighted by Crippen LogP contribution is 2.28. The average Bonchev–Trinajstić information content (AvgIpc) is 3.23. The Kier molecular flexibility index (Phi) is 7.41. The number of aliphatic hydroxyl groups is 1. The normalized spacial score (nSPS) is 12.7. The molecule has 1 aromatic heterocycles. The molecule has 1 amide bonds. The molecule has 1 atom stereocenters. The predicted molar refractivity (Wildman–Crippen MR) is 126 cm³/mol. The summed E-state index contributed by atoms with van der Waals surface area (Å²) in [7, 11) is -1.36. The van der Waals surface area contributed by atoms with Crippen LogP contribution in [0.2, 0.25) is 0 Å². The van der Waals surface area contributed by atoms with Gasteiger partial charge >= 0.3 is 5.97 Å². The van der Waals surface area contributed by atoms with Crippen LogP contribution in [-0.2, 0) is 26.4 Å². The molecule has 0 bridgehead atoms. The van der Waals surface area contributed by atoms with Crippen molar-refractivity contribution in [2.45, 2.75) is 29.5 Å². The molecule has 11 heteroatoms. The van der Waals surface area contributed by atoms with Gasteiger partial charge in [0.2, 0.25) is 0 Å². The highest BCUT2D eigenvalue weighted by molar-refractivity contribution is 7.93. The van der Waals surface area contributed by atoms with Crippen molar-refractivity contribution in [3.8, 4) is 11.3 Å². The SMILES string of the molecule is COC(=O)C(C)(C)S(=O)(=O)c1ccc(C(CO)NC(=O)c2cc(-c3ccc(F)cc3)nn2C)cc1. The van der Waals surface area contributed by atoms with E-state index in [1.54, 1.807) is 25.2 Å². The highest BCUT2D eigenvalue weighted by Gasteiger charge is 2.44. The monoisotopic (exact) mass is 503 g/mol. The molecule has 0 saturated heterocycles. The average molecular weight is 504 g/mol. The number of amides is 1. The molecule has 0 saturated carbocycles. The molecule has 2 N–H and O–H groups in total. The van der Waals surface area contributed by atoms with E-state index in [0.29, 0.717) is 16.8 Å². The quantitative estimate of drug-likeness (QED) is 0.452. The van der Waals surface area contributed by atoms with E-state index in [2.05, 4.69) is 15.2 Å². The van der Waals surface area contributed by atoms with Crippen molar-refractivity contribution in [2.24, 2.45) is 7.05 Å². The fourth-order valence-corrected chi connectivity index (χ4v) is 4.82. The number of hydrogen-bond donors (Lipinski definition) is 2. The van der Waals surface area contributed by atoms with E-state index in [0.717, 1.165) is 7.11 Å². The molecule has 1 unspecified atom stereocenters. The first-order chi connectivity index (χ1) is 16.4. The number of methoxy groups -OCH3 is 1. The van der Waals surface area contributed by atoms with Gasteiger partial charge in [0.25, 0.3) is 5.91 Å². The van der Waals surface area contributed by atoms with E-state index in [9.17, 15) is 27.5 Å². The molecule has 3 rings (SSSR count). The van der Waals surface area contributed by atoms with Crippen LogP contribution in [0.25, 0.3) is 11.3 Å². The first-order valence-corrected chi connectivity index (χ1v) is 12.1. The zero-order chi connectivity index (χ0) is 26.0. The third kappa shape index (κ3) is 5.10. The molecule has 35 heavy (non-hydrogen) atoms. The van der Waals surface area contributed by atoms with Gasteiger partial charge in [0, 0.05) is 12.6 Å². The Morgan fingerprint density at radius 1 is 1.14 bits per heavy atom. The van der Waals surface area contributed by atoms with Gasteiger partial charge < -0.3 is 15.2 Å². The number of carbonyl (C=O) groups is 2. The van der Waals surface area contributed by atoms with Crippen molar-refractivity contribution >= 4 is 21.7 Å². The summed E-state index contributed by atoms with van der Waals surface area (Å²) in [5.74, 6) is -1.80. The van der Waals surface area contributed by atoms with Crippen molar-refractivity contribution in [1.82, 2.24) is 15.1 Å². The zero-order valence-electron chi connectivity index (χ0n) is 19.6. The van der Waals surface area contributed by atoms with Crippen LogP contribution in [0.1, 0.15) is 35.9 Å². The van der Waals surface area contributed by atoms with Crippen molar-refractivity contribution in [2.75, 3.05) is 13.7 Å². The lowest BCUT2D eigenvalue weighted by Crippen LogP contribution is -2.41. The molecule has 3 aromatic rings. The van der Waals surface area contributed by atoms with Crippen molar-refractivity contribution in [1.29, 1.82) is 0 Å². The lowest BCUT2D eigenvalue weighted by Gasteiger charge is -2.22. The van der Waals surface area contributed by atoms with Gasteiger partial charge in [0.1, 0.15) is 11.5 Å². The number of nitrogens with zero attached hydrogens (tertiary/aromatic N) is 2. The number of carbonyl (C=O) groups excluding carboxylic acids is 2. The van der Waals surface area contributed by atoms with Crippen LogP contribution in [0.4, 0.5) is 4.39 Å². The number of rotatable bonds is 8. The second-order valence-corrected chi connectivity index (χ2v) is 10.8. The standard InChI is InChI=1S/C24H26FN3O6S/c1-24(2,23(31)34-4)35(32,33)18-11-7-16(8-12-18)20(14-29)26-22(30)21-13-19(27-28(21)3)15-5-9-17(25)10-6-15/h5-13,20,29H,14H2,1-4H3,(H,26,30). The largest absolute Gasteiger partial charge is 0.468 e. The number of aromatic nitrogens is 2. The van der Waals surface area contributed by atoms with Crippen molar-refractivity contribution < 1.29 is 32.2 Å². The fraction of sp³-hybridized carbons (Fsp3) is 0.292. The highest BCUT2D eigenvalue weighted by atomic mass is 32.2. The number of esters is 1. The molecule has 2 aromatic carbocycles. The van der Waals surface area contributed by atoms with Gasteiger partial charge in [0.15, 0.2) is 14.6 Å². The van der Waals surface area contributed by atoms with Gasteiger partial charge in [-0.25, -0.2) is 12.8 Å². The lowest BCUT2D eigenvalue weighted by molar-refractivity contribution is -0.142. The molecule has 0 aliphatic heterocycles. The van der Waals surface area contributed by atoms with E-state index >= 15 is 0 Å².